The van der Waals surface area contributed by atoms with E-state index in [0.717, 1.165) is 12.8 Å². The first-order chi connectivity index (χ1) is 14.8. The van der Waals surface area contributed by atoms with Gasteiger partial charge in [0.05, 0.1) is 18.9 Å². The summed E-state index contributed by atoms with van der Waals surface area (Å²) in [6.07, 6.45) is 4.09. The van der Waals surface area contributed by atoms with Crippen molar-refractivity contribution in [1.29, 1.82) is 0 Å². The van der Waals surface area contributed by atoms with E-state index in [-0.39, 0.29) is 16.9 Å². The first-order valence-electron chi connectivity index (χ1n) is 10.6. The average molecular weight is 429 g/mol. The number of pyridine rings is 1. The Balaban J connectivity index is 1.71. The summed E-state index contributed by atoms with van der Waals surface area (Å²) >= 11 is 0. The highest BCUT2D eigenvalue weighted by molar-refractivity contribution is 5.93. The van der Waals surface area contributed by atoms with Gasteiger partial charge in [-0.05, 0) is 42.4 Å². The molecular weight excluding hydrogens is 399 g/mol. The molecule has 2 N–H and O–H groups in total. The Morgan fingerprint density at radius 1 is 1.29 bits per heavy atom. The molecule has 7 nitrogen and oxygen atoms in total. The van der Waals surface area contributed by atoms with Crippen LogP contribution in [0.15, 0.2) is 29.3 Å². The molecule has 3 heterocycles. The lowest BCUT2D eigenvalue weighted by atomic mass is 9.86. The summed E-state index contributed by atoms with van der Waals surface area (Å²) in [5, 5.41) is 18.3. The molecular formula is C23H29FN4O3. The lowest BCUT2D eigenvalue weighted by Gasteiger charge is -2.37. The van der Waals surface area contributed by atoms with Gasteiger partial charge in [-0.2, -0.15) is 5.10 Å². The van der Waals surface area contributed by atoms with E-state index in [0.29, 0.717) is 47.0 Å². The zero-order valence-corrected chi connectivity index (χ0v) is 18.4. The van der Waals surface area contributed by atoms with E-state index >= 15 is 4.39 Å². The fourth-order valence-corrected chi connectivity index (χ4v) is 4.56. The molecule has 1 aliphatic heterocycles. The molecule has 1 saturated heterocycles. The number of aliphatic hydroxyl groups excluding tert-OH is 1. The van der Waals surface area contributed by atoms with Gasteiger partial charge in [0.25, 0.3) is 5.56 Å². The number of benzene rings is 1. The van der Waals surface area contributed by atoms with Crippen LogP contribution in [0, 0.1) is 17.7 Å². The first-order valence-corrected chi connectivity index (χ1v) is 10.6. The number of fused-ring (bicyclic) bond motifs is 1. The van der Waals surface area contributed by atoms with Crippen molar-refractivity contribution in [2.24, 2.45) is 18.9 Å². The summed E-state index contributed by atoms with van der Waals surface area (Å²) in [5.41, 5.74) is 1.49. The molecule has 1 unspecified atom stereocenters. The molecule has 1 aromatic carbocycles. The molecule has 3 aromatic rings. The van der Waals surface area contributed by atoms with Crippen LogP contribution in [-0.2, 0) is 7.05 Å². The molecule has 0 radical (unpaired) electrons. The SMILES string of the molecule is COc1cc(-c2cn(C)c(=O)c3[nH]ncc23)cc(F)c1C(O)N1CCC(C(C)C)CC1. The van der Waals surface area contributed by atoms with Crippen LogP contribution >= 0.6 is 0 Å². The zero-order valence-electron chi connectivity index (χ0n) is 18.4. The third kappa shape index (κ3) is 3.85. The number of aromatic nitrogens is 3. The number of nitrogens with one attached hydrogen (secondary N) is 1. The molecule has 4 rings (SSSR count). The predicted molar refractivity (Wildman–Crippen MR) is 117 cm³/mol. The molecule has 0 spiro atoms. The number of rotatable bonds is 5. The number of halogens is 1. The third-order valence-corrected chi connectivity index (χ3v) is 6.53. The maximum atomic E-state index is 15.3. The fourth-order valence-electron chi connectivity index (χ4n) is 4.56. The molecule has 166 valence electrons. The largest absolute Gasteiger partial charge is 0.496 e. The maximum Gasteiger partial charge on any atom is 0.276 e. The quantitative estimate of drug-likeness (QED) is 0.651. The van der Waals surface area contributed by atoms with E-state index in [9.17, 15) is 9.90 Å². The average Bonchev–Trinajstić information content (AvgIpc) is 3.25. The summed E-state index contributed by atoms with van der Waals surface area (Å²) in [5.74, 6) is 0.961. The summed E-state index contributed by atoms with van der Waals surface area (Å²) < 4.78 is 22.3. The third-order valence-electron chi connectivity index (χ3n) is 6.53. The highest BCUT2D eigenvalue weighted by Gasteiger charge is 2.30. The van der Waals surface area contributed by atoms with Crippen LogP contribution in [0.3, 0.4) is 0 Å². The van der Waals surface area contributed by atoms with Gasteiger partial charge >= 0.3 is 0 Å². The first kappa shape index (κ1) is 21.5. The second kappa shape index (κ2) is 8.43. The van der Waals surface area contributed by atoms with Crippen LogP contribution in [0.1, 0.15) is 38.5 Å². The molecule has 0 saturated carbocycles. The van der Waals surface area contributed by atoms with Gasteiger partial charge < -0.3 is 14.4 Å². The second-order valence-corrected chi connectivity index (χ2v) is 8.68. The van der Waals surface area contributed by atoms with E-state index in [4.69, 9.17) is 4.74 Å². The van der Waals surface area contributed by atoms with Crippen molar-refractivity contribution in [3.8, 4) is 16.9 Å². The minimum absolute atomic E-state index is 0.141. The second-order valence-electron chi connectivity index (χ2n) is 8.68. The monoisotopic (exact) mass is 428 g/mol. The number of aliphatic hydroxyl groups is 1. The normalized spacial score (nSPS) is 16.9. The standard InChI is InChI=1S/C23H29FN4O3/c1-13(2)14-5-7-28(8-6-14)22(29)20-18(24)9-15(10-19(20)31-4)17-12-27(3)23(30)21-16(17)11-25-26-21/h9-14,22,29H,5-8H2,1-4H3,(H,25,26). The Morgan fingerprint density at radius 2 is 2.00 bits per heavy atom. The Bertz CT molecular complexity index is 1150. The molecule has 1 aliphatic rings. The number of methoxy groups -OCH3 is 1. The Kier molecular flexibility index (Phi) is 5.85. The van der Waals surface area contributed by atoms with Crippen molar-refractivity contribution in [3.05, 3.63) is 46.3 Å². The minimum atomic E-state index is -1.08. The maximum absolute atomic E-state index is 15.3. The number of piperidine rings is 1. The van der Waals surface area contributed by atoms with Crippen LogP contribution in [0.25, 0.3) is 22.0 Å². The van der Waals surface area contributed by atoms with Crippen molar-refractivity contribution < 1.29 is 14.2 Å². The molecule has 0 aliphatic carbocycles. The number of aromatic amines is 1. The number of nitrogens with zero attached hydrogens (tertiary/aromatic N) is 3. The number of aryl methyl sites for hydroxylation is 1. The zero-order chi connectivity index (χ0) is 22.3. The lowest BCUT2D eigenvalue weighted by molar-refractivity contribution is -0.0264. The summed E-state index contributed by atoms with van der Waals surface area (Å²) in [4.78, 5) is 14.2. The minimum Gasteiger partial charge on any atom is -0.496 e. The van der Waals surface area contributed by atoms with Crippen LogP contribution in [0.2, 0.25) is 0 Å². The number of H-pyrrole nitrogens is 1. The van der Waals surface area contributed by atoms with Crippen molar-refractivity contribution in [2.75, 3.05) is 20.2 Å². The van der Waals surface area contributed by atoms with Gasteiger partial charge in [0.15, 0.2) is 0 Å². The molecule has 0 bridgehead atoms. The smallest absolute Gasteiger partial charge is 0.276 e. The highest BCUT2D eigenvalue weighted by Crippen LogP contribution is 2.38. The van der Waals surface area contributed by atoms with Gasteiger partial charge in [0.1, 0.15) is 23.3 Å². The van der Waals surface area contributed by atoms with E-state index in [2.05, 4.69) is 24.0 Å². The molecule has 31 heavy (non-hydrogen) atoms. The van der Waals surface area contributed by atoms with Crippen molar-refractivity contribution in [2.45, 2.75) is 32.9 Å². The van der Waals surface area contributed by atoms with Crippen LogP contribution in [-0.4, -0.2) is 45.0 Å². The number of likely N-dealkylation sites (tertiary alicyclic amines) is 1. The molecule has 2 aromatic heterocycles. The lowest BCUT2D eigenvalue weighted by Crippen LogP contribution is -2.38. The van der Waals surface area contributed by atoms with Gasteiger partial charge in [-0.3, -0.25) is 14.8 Å². The number of ether oxygens (including phenoxy) is 1. The van der Waals surface area contributed by atoms with Crippen LogP contribution in [0.4, 0.5) is 4.39 Å². The summed E-state index contributed by atoms with van der Waals surface area (Å²) in [7, 11) is 3.10. The highest BCUT2D eigenvalue weighted by atomic mass is 19.1. The van der Waals surface area contributed by atoms with Gasteiger partial charge in [-0.1, -0.05) is 13.8 Å². The van der Waals surface area contributed by atoms with Crippen LogP contribution in [0.5, 0.6) is 5.75 Å². The fraction of sp³-hybridized carbons (Fsp3) is 0.478. The number of hydrogen-bond acceptors (Lipinski definition) is 5. The number of hydrogen-bond donors (Lipinski definition) is 2. The van der Waals surface area contributed by atoms with Gasteiger partial charge in [0.2, 0.25) is 0 Å². The summed E-state index contributed by atoms with van der Waals surface area (Å²) in [6.45, 7) is 5.86. The van der Waals surface area contributed by atoms with Crippen molar-refractivity contribution in [3.63, 3.8) is 0 Å². The molecule has 1 fully saturated rings. The van der Waals surface area contributed by atoms with Crippen LogP contribution < -0.4 is 10.3 Å². The van der Waals surface area contributed by atoms with Crippen molar-refractivity contribution in [1.82, 2.24) is 19.7 Å². The molecule has 1 atom stereocenters. The Labute approximate surface area is 180 Å². The topological polar surface area (TPSA) is 83.4 Å². The predicted octanol–water partition coefficient (Wildman–Crippen LogP) is 3.44. The van der Waals surface area contributed by atoms with Gasteiger partial charge in [-0.15, -0.1) is 0 Å². The van der Waals surface area contributed by atoms with E-state index in [1.54, 1.807) is 25.5 Å². The van der Waals surface area contributed by atoms with E-state index in [1.165, 1.54) is 17.7 Å². The Hall–Kier alpha value is -2.71. The van der Waals surface area contributed by atoms with Gasteiger partial charge in [-0.25, -0.2) is 4.39 Å². The molecule has 0 amide bonds. The van der Waals surface area contributed by atoms with E-state index in [1.807, 2.05) is 4.90 Å². The van der Waals surface area contributed by atoms with Crippen molar-refractivity contribution >= 4 is 10.9 Å². The van der Waals surface area contributed by atoms with E-state index < -0.39 is 12.0 Å². The van der Waals surface area contributed by atoms with Gasteiger partial charge in [0, 0.05) is 37.3 Å². The Morgan fingerprint density at radius 3 is 2.65 bits per heavy atom. The molecule has 8 heteroatoms. The summed E-state index contributed by atoms with van der Waals surface area (Å²) in [6, 6.07) is 3.09.